The van der Waals surface area contributed by atoms with Crippen LogP contribution in [0.1, 0.15) is 17.3 Å². The van der Waals surface area contributed by atoms with Gasteiger partial charge in [0.1, 0.15) is 5.75 Å². The molecule has 0 saturated heterocycles. The lowest BCUT2D eigenvalue weighted by Crippen LogP contribution is -2.10. The maximum absolute atomic E-state index is 11.1. The Morgan fingerprint density at radius 3 is 2.79 bits per heavy atom. The van der Waals surface area contributed by atoms with Gasteiger partial charge in [0.25, 0.3) is 0 Å². The molecule has 0 saturated carbocycles. The summed E-state index contributed by atoms with van der Waals surface area (Å²) < 4.78 is 9.54. The van der Waals surface area contributed by atoms with Crippen LogP contribution >= 0.6 is 0 Å². The highest BCUT2D eigenvalue weighted by atomic mass is 16.6. The zero-order valence-electron chi connectivity index (χ0n) is 8.06. The highest BCUT2D eigenvalue weighted by molar-refractivity contribution is 5.89. The molecule has 0 spiro atoms. The van der Waals surface area contributed by atoms with E-state index in [1.807, 2.05) is 0 Å². The van der Waals surface area contributed by atoms with Gasteiger partial charge < -0.3 is 14.6 Å². The lowest BCUT2D eigenvalue weighted by molar-refractivity contribution is -0.000445. The second-order valence-electron chi connectivity index (χ2n) is 2.74. The number of hydrogen-bond acceptors (Lipinski definition) is 4. The Bertz CT molecular complexity index is 320. The maximum Gasteiger partial charge on any atom is 0.337 e. The molecule has 0 aliphatic rings. The van der Waals surface area contributed by atoms with Crippen molar-refractivity contribution in [2.45, 2.75) is 13.2 Å². The lowest BCUT2D eigenvalue weighted by atomic mass is 10.2. The van der Waals surface area contributed by atoms with E-state index in [0.29, 0.717) is 11.3 Å². The Morgan fingerprint density at radius 2 is 2.21 bits per heavy atom. The van der Waals surface area contributed by atoms with Gasteiger partial charge in [0.05, 0.1) is 12.7 Å². The molecule has 0 bridgehead atoms. The third kappa shape index (κ3) is 2.74. The van der Waals surface area contributed by atoms with Gasteiger partial charge >= 0.3 is 5.97 Å². The van der Waals surface area contributed by atoms with E-state index in [1.54, 1.807) is 18.2 Å². The molecule has 0 fully saturated rings. The largest absolute Gasteiger partial charge is 0.465 e. The van der Waals surface area contributed by atoms with E-state index in [-0.39, 0.29) is 0 Å². The Kier molecular flexibility index (Phi) is 3.48. The first-order valence-corrected chi connectivity index (χ1v) is 4.16. The normalized spacial score (nSPS) is 11.9. The molecule has 1 aromatic carbocycles. The van der Waals surface area contributed by atoms with Gasteiger partial charge in [-0.1, -0.05) is 6.07 Å². The first kappa shape index (κ1) is 10.5. The number of esters is 1. The van der Waals surface area contributed by atoms with Crippen LogP contribution in [0.2, 0.25) is 0 Å². The third-order valence-corrected chi connectivity index (χ3v) is 1.56. The SMILES string of the molecule is COC(=O)c1cccc(OC(C)O)c1. The van der Waals surface area contributed by atoms with Gasteiger partial charge in [-0.05, 0) is 25.1 Å². The van der Waals surface area contributed by atoms with Crippen molar-refractivity contribution in [1.82, 2.24) is 0 Å². The second-order valence-corrected chi connectivity index (χ2v) is 2.74. The molecule has 76 valence electrons. The molecule has 0 heterocycles. The molecule has 4 nitrogen and oxygen atoms in total. The summed E-state index contributed by atoms with van der Waals surface area (Å²) in [6.45, 7) is 1.49. The van der Waals surface area contributed by atoms with E-state index in [4.69, 9.17) is 9.84 Å². The number of carbonyl (C=O) groups excluding carboxylic acids is 1. The third-order valence-electron chi connectivity index (χ3n) is 1.56. The summed E-state index contributed by atoms with van der Waals surface area (Å²) in [7, 11) is 1.31. The molecule has 1 rings (SSSR count). The van der Waals surface area contributed by atoms with Crippen molar-refractivity contribution >= 4 is 5.97 Å². The average Bonchev–Trinajstić information content (AvgIpc) is 2.16. The predicted octanol–water partition coefficient (Wildman–Crippen LogP) is 1.19. The number of benzene rings is 1. The van der Waals surface area contributed by atoms with Crippen molar-refractivity contribution in [1.29, 1.82) is 0 Å². The van der Waals surface area contributed by atoms with E-state index in [0.717, 1.165) is 0 Å². The zero-order chi connectivity index (χ0) is 10.6. The second kappa shape index (κ2) is 4.62. The molecule has 1 aromatic rings. The zero-order valence-corrected chi connectivity index (χ0v) is 8.06. The van der Waals surface area contributed by atoms with Crippen LogP contribution in [0.4, 0.5) is 0 Å². The summed E-state index contributed by atoms with van der Waals surface area (Å²) in [6, 6.07) is 6.43. The standard InChI is InChI=1S/C10H12O4/c1-7(11)14-9-5-3-4-8(6-9)10(12)13-2/h3-7,11H,1-2H3. The highest BCUT2D eigenvalue weighted by Gasteiger charge is 2.06. The van der Waals surface area contributed by atoms with Crippen LogP contribution in [0.3, 0.4) is 0 Å². The molecular weight excluding hydrogens is 184 g/mol. The van der Waals surface area contributed by atoms with E-state index in [1.165, 1.54) is 20.1 Å². The number of rotatable bonds is 3. The molecular formula is C10H12O4. The molecule has 1 atom stereocenters. The van der Waals surface area contributed by atoms with Crippen molar-refractivity contribution in [3.63, 3.8) is 0 Å². The first-order chi connectivity index (χ1) is 6.63. The van der Waals surface area contributed by atoms with E-state index in [9.17, 15) is 4.79 Å². The Balaban J connectivity index is 2.84. The number of aliphatic hydroxyl groups is 1. The summed E-state index contributed by atoms with van der Waals surface area (Å²) in [5, 5.41) is 8.95. The minimum atomic E-state index is -0.900. The maximum atomic E-state index is 11.1. The minimum absolute atomic E-state index is 0.394. The number of aliphatic hydroxyl groups excluding tert-OH is 1. The van der Waals surface area contributed by atoms with Gasteiger partial charge in [-0.15, -0.1) is 0 Å². The Morgan fingerprint density at radius 1 is 1.50 bits per heavy atom. The summed E-state index contributed by atoms with van der Waals surface area (Å²) >= 11 is 0. The summed E-state index contributed by atoms with van der Waals surface area (Å²) in [5.74, 6) is 0.00365. The predicted molar refractivity (Wildman–Crippen MR) is 50.1 cm³/mol. The molecule has 14 heavy (non-hydrogen) atoms. The van der Waals surface area contributed by atoms with Crippen molar-refractivity contribution in [2.75, 3.05) is 7.11 Å². The average molecular weight is 196 g/mol. The molecule has 1 N–H and O–H groups in total. The fourth-order valence-electron chi connectivity index (χ4n) is 1.01. The molecule has 0 aliphatic carbocycles. The van der Waals surface area contributed by atoms with Gasteiger partial charge in [0.2, 0.25) is 0 Å². The van der Waals surface area contributed by atoms with E-state index >= 15 is 0 Å². The van der Waals surface area contributed by atoms with E-state index in [2.05, 4.69) is 4.74 Å². The highest BCUT2D eigenvalue weighted by Crippen LogP contribution is 2.14. The van der Waals surface area contributed by atoms with Crippen LogP contribution in [0.5, 0.6) is 5.75 Å². The van der Waals surface area contributed by atoms with Crippen LogP contribution in [0, 0.1) is 0 Å². The van der Waals surface area contributed by atoms with Gasteiger partial charge in [-0.3, -0.25) is 0 Å². The lowest BCUT2D eigenvalue weighted by Gasteiger charge is -2.08. The fourth-order valence-corrected chi connectivity index (χ4v) is 1.01. The van der Waals surface area contributed by atoms with Gasteiger partial charge in [-0.2, -0.15) is 0 Å². The summed E-state index contributed by atoms with van der Waals surface area (Å²) in [6.07, 6.45) is -0.900. The Hall–Kier alpha value is -1.55. The number of hydrogen-bond donors (Lipinski definition) is 1. The molecule has 0 aliphatic heterocycles. The summed E-state index contributed by atoms with van der Waals surface area (Å²) in [5.41, 5.74) is 0.394. The number of ether oxygens (including phenoxy) is 2. The molecule has 1 unspecified atom stereocenters. The van der Waals surface area contributed by atoms with Gasteiger partial charge in [0, 0.05) is 0 Å². The topological polar surface area (TPSA) is 55.8 Å². The molecule has 4 heteroatoms. The number of methoxy groups -OCH3 is 1. The molecule has 0 radical (unpaired) electrons. The van der Waals surface area contributed by atoms with Crippen LogP contribution in [0.15, 0.2) is 24.3 Å². The van der Waals surface area contributed by atoms with Crippen molar-refractivity contribution in [3.8, 4) is 5.75 Å². The van der Waals surface area contributed by atoms with Crippen LogP contribution in [0.25, 0.3) is 0 Å². The molecule has 0 amide bonds. The fraction of sp³-hybridized carbons (Fsp3) is 0.300. The van der Waals surface area contributed by atoms with Crippen LogP contribution in [-0.2, 0) is 4.74 Å². The quantitative estimate of drug-likeness (QED) is 0.582. The van der Waals surface area contributed by atoms with Gasteiger partial charge in [0.15, 0.2) is 6.29 Å². The van der Waals surface area contributed by atoms with Crippen LogP contribution in [-0.4, -0.2) is 24.5 Å². The van der Waals surface area contributed by atoms with Crippen molar-refractivity contribution in [2.24, 2.45) is 0 Å². The van der Waals surface area contributed by atoms with Gasteiger partial charge in [-0.25, -0.2) is 4.79 Å². The summed E-state index contributed by atoms with van der Waals surface area (Å²) in [4.78, 5) is 11.1. The van der Waals surface area contributed by atoms with E-state index < -0.39 is 12.3 Å². The van der Waals surface area contributed by atoms with Crippen molar-refractivity contribution in [3.05, 3.63) is 29.8 Å². The van der Waals surface area contributed by atoms with Crippen molar-refractivity contribution < 1.29 is 19.4 Å². The number of carbonyl (C=O) groups is 1. The monoisotopic (exact) mass is 196 g/mol. The Labute approximate surface area is 82.1 Å². The smallest absolute Gasteiger partial charge is 0.337 e. The minimum Gasteiger partial charge on any atom is -0.465 e. The van der Waals surface area contributed by atoms with Crippen LogP contribution < -0.4 is 4.74 Å². The first-order valence-electron chi connectivity index (χ1n) is 4.16. The molecule has 0 aromatic heterocycles.